The number of amides is 2. The zero-order chi connectivity index (χ0) is 16.2. The minimum Gasteiger partial charge on any atom is -0.383 e. The van der Waals surface area contributed by atoms with Crippen LogP contribution in [-0.2, 0) is 14.3 Å². The molecule has 2 heterocycles. The summed E-state index contributed by atoms with van der Waals surface area (Å²) >= 11 is 3.00. The van der Waals surface area contributed by atoms with E-state index in [2.05, 4.69) is 4.98 Å². The smallest absolute Gasteiger partial charge is 0.248 e. The van der Waals surface area contributed by atoms with Crippen LogP contribution in [0, 0.1) is 0 Å². The maximum Gasteiger partial charge on any atom is 0.248 e. The number of thioether (sulfide) groups is 1. The standard InChI is InChI=1S/C15H17N3O3S2/c1-21-7-6-18(13(19)8-17-10-22-9-14(17)20)15-16-11-4-2-3-5-12(11)23-15/h2-5H,6-10H2,1H3. The van der Waals surface area contributed by atoms with Crippen LogP contribution in [0.4, 0.5) is 5.13 Å². The van der Waals surface area contributed by atoms with Gasteiger partial charge in [-0.05, 0) is 12.1 Å². The number of methoxy groups -OCH3 is 1. The molecule has 1 aliphatic rings. The molecule has 0 spiro atoms. The first-order chi connectivity index (χ1) is 11.2. The number of hydrogen-bond acceptors (Lipinski definition) is 6. The molecular weight excluding hydrogens is 334 g/mol. The van der Waals surface area contributed by atoms with Crippen LogP contribution in [0.1, 0.15) is 0 Å². The molecule has 122 valence electrons. The van der Waals surface area contributed by atoms with E-state index < -0.39 is 0 Å². The minimum atomic E-state index is -0.128. The molecule has 8 heteroatoms. The van der Waals surface area contributed by atoms with Crippen molar-refractivity contribution in [3.8, 4) is 0 Å². The molecule has 1 saturated heterocycles. The van der Waals surface area contributed by atoms with E-state index in [4.69, 9.17) is 4.74 Å². The molecular formula is C15H17N3O3S2. The number of ether oxygens (including phenoxy) is 1. The second kappa shape index (κ2) is 7.29. The Morgan fingerprint density at radius 3 is 2.96 bits per heavy atom. The van der Waals surface area contributed by atoms with Crippen LogP contribution in [0.5, 0.6) is 0 Å². The summed E-state index contributed by atoms with van der Waals surface area (Å²) < 4.78 is 6.14. The summed E-state index contributed by atoms with van der Waals surface area (Å²) in [4.78, 5) is 32.1. The van der Waals surface area contributed by atoms with Gasteiger partial charge in [0.2, 0.25) is 11.8 Å². The fourth-order valence-electron chi connectivity index (χ4n) is 2.27. The van der Waals surface area contributed by atoms with Crippen molar-refractivity contribution < 1.29 is 14.3 Å². The van der Waals surface area contributed by atoms with Crippen molar-refractivity contribution in [2.45, 2.75) is 0 Å². The number of rotatable bonds is 6. The van der Waals surface area contributed by atoms with Crippen LogP contribution in [-0.4, -0.2) is 60.1 Å². The number of benzene rings is 1. The molecule has 23 heavy (non-hydrogen) atoms. The van der Waals surface area contributed by atoms with Crippen molar-refractivity contribution in [1.82, 2.24) is 9.88 Å². The molecule has 2 amide bonds. The molecule has 0 N–H and O–H groups in total. The highest BCUT2D eigenvalue weighted by Gasteiger charge is 2.27. The highest BCUT2D eigenvalue weighted by molar-refractivity contribution is 8.00. The van der Waals surface area contributed by atoms with Gasteiger partial charge in [-0.25, -0.2) is 4.98 Å². The van der Waals surface area contributed by atoms with Gasteiger partial charge in [0, 0.05) is 7.11 Å². The number of anilines is 1. The molecule has 0 radical (unpaired) electrons. The molecule has 0 unspecified atom stereocenters. The van der Waals surface area contributed by atoms with E-state index in [1.807, 2.05) is 24.3 Å². The van der Waals surface area contributed by atoms with Crippen LogP contribution in [0.3, 0.4) is 0 Å². The Labute approximate surface area is 142 Å². The normalized spacial score (nSPS) is 14.7. The lowest BCUT2D eigenvalue weighted by molar-refractivity contribution is -0.131. The zero-order valence-electron chi connectivity index (χ0n) is 12.7. The van der Waals surface area contributed by atoms with E-state index in [1.165, 1.54) is 23.1 Å². The van der Waals surface area contributed by atoms with Gasteiger partial charge in [-0.1, -0.05) is 23.5 Å². The lowest BCUT2D eigenvalue weighted by Crippen LogP contribution is -2.42. The second-order valence-electron chi connectivity index (χ2n) is 5.07. The molecule has 3 rings (SSSR count). The van der Waals surface area contributed by atoms with Crippen LogP contribution in [0.25, 0.3) is 10.2 Å². The van der Waals surface area contributed by atoms with Gasteiger partial charge < -0.3 is 9.64 Å². The number of thiazole rings is 1. The number of carbonyl (C=O) groups is 2. The second-order valence-corrected chi connectivity index (χ2v) is 7.04. The van der Waals surface area contributed by atoms with E-state index in [0.29, 0.717) is 29.9 Å². The van der Waals surface area contributed by atoms with E-state index >= 15 is 0 Å². The molecule has 1 aliphatic heterocycles. The van der Waals surface area contributed by atoms with Crippen LogP contribution in [0.15, 0.2) is 24.3 Å². The molecule has 6 nitrogen and oxygen atoms in total. The number of para-hydroxylation sites is 1. The summed E-state index contributed by atoms with van der Waals surface area (Å²) in [7, 11) is 1.60. The average Bonchev–Trinajstić information content (AvgIpc) is 3.14. The van der Waals surface area contributed by atoms with Crippen LogP contribution < -0.4 is 4.90 Å². The number of carbonyl (C=O) groups excluding carboxylic acids is 2. The Morgan fingerprint density at radius 1 is 1.43 bits per heavy atom. The molecule has 0 saturated carbocycles. The van der Waals surface area contributed by atoms with E-state index in [1.54, 1.807) is 16.9 Å². The summed E-state index contributed by atoms with van der Waals surface area (Å²) in [6, 6.07) is 7.78. The monoisotopic (exact) mass is 351 g/mol. The Kier molecular flexibility index (Phi) is 5.14. The summed E-state index contributed by atoms with van der Waals surface area (Å²) in [6.45, 7) is 0.931. The van der Waals surface area contributed by atoms with Gasteiger partial charge in [0.1, 0.15) is 6.54 Å². The third-order valence-electron chi connectivity index (χ3n) is 3.49. The molecule has 1 aromatic carbocycles. The summed E-state index contributed by atoms with van der Waals surface area (Å²) in [6.07, 6.45) is 0. The number of nitrogens with zero attached hydrogens (tertiary/aromatic N) is 3. The number of fused-ring (bicyclic) bond motifs is 1. The lowest BCUT2D eigenvalue weighted by Gasteiger charge is -2.22. The molecule has 0 bridgehead atoms. The quantitative estimate of drug-likeness (QED) is 0.794. The first-order valence-electron chi connectivity index (χ1n) is 7.19. The van der Waals surface area contributed by atoms with Gasteiger partial charge in [0.05, 0.1) is 35.0 Å². The highest BCUT2D eigenvalue weighted by Crippen LogP contribution is 2.29. The maximum atomic E-state index is 12.7. The van der Waals surface area contributed by atoms with Crippen LogP contribution in [0.2, 0.25) is 0 Å². The van der Waals surface area contributed by atoms with Crippen molar-refractivity contribution in [3.05, 3.63) is 24.3 Å². The maximum absolute atomic E-state index is 12.7. The van der Waals surface area contributed by atoms with Gasteiger partial charge in [-0.15, -0.1) is 11.8 Å². The third kappa shape index (κ3) is 3.65. The average molecular weight is 351 g/mol. The van der Waals surface area contributed by atoms with E-state index in [0.717, 1.165) is 10.2 Å². The van der Waals surface area contributed by atoms with E-state index in [-0.39, 0.29) is 18.4 Å². The lowest BCUT2D eigenvalue weighted by atomic mass is 10.3. The molecule has 0 atom stereocenters. The number of hydrogen-bond donors (Lipinski definition) is 0. The van der Waals surface area contributed by atoms with Crippen molar-refractivity contribution in [1.29, 1.82) is 0 Å². The third-order valence-corrected chi connectivity index (χ3v) is 5.49. The molecule has 1 fully saturated rings. The fraction of sp³-hybridized carbons (Fsp3) is 0.400. The van der Waals surface area contributed by atoms with Crippen molar-refractivity contribution in [3.63, 3.8) is 0 Å². The Balaban J connectivity index is 1.81. The van der Waals surface area contributed by atoms with Crippen LogP contribution >= 0.6 is 23.1 Å². The predicted octanol–water partition coefficient (Wildman–Crippen LogP) is 1.81. The minimum absolute atomic E-state index is 0.0133. The topological polar surface area (TPSA) is 62.7 Å². The molecule has 0 aliphatic carbocycles. The Bertz CT molecular complexity index is 686. The Morgan fingerprint density at radius 2 is 2.26 bits per heavy atom. The fourth-order valence-corrected chi connectivity index (χ4v) is 4.19. The molecule has 2 aromatic rings. The van der Waals surface area contributed by atoms with Crippen molar-refractivity contribution in [2.24, 2.45) is 0 Å². The largest absolute Gasteiger partial charge is 0.383 e. The first kappa shape index (κ1) is 16.2. The van der Waals surface area contributed by atoms with Gasteiger partial charge in [0.25, 0.3) is 0 Å². The summed E-state index contributed by atoms with van der Waals surface area (Å²) in [5.41, 5.74) is 0.871. The predicted molar refractivity (Wildman–Crippen MR) is 92.9 cm³/mol. The summed E-state index contributed by atoms with van der Waals surface area (Å²) in [5.74, 6) is 0.908. The van der Waals surface area contributed by atoms with Crippen molar-refractivity contribution >= 4 is 50.3 Å². The van der Waals surface area contributed by atoms with Gasteiger partial charge in [-0.2, -0.15) is 0 Å². The van der Waals surface area contributed by atoms with Crippen molar-refractivity contribution in [2.75, 3.05) is 43.3 Å². The van der Waals surface area contributed by atoms with Gasteiger partial charge in [0.15, 0.2) is 5.13 Å². The summed E-state index contributed by atoms with van der Waals surface area (Å²) in [5, 5.41) is 0.646. The first-order valence-corrected chi connectivity index (χ1v) is 9.16. The van der Waals surface area contributed by atoms with E-state index in [9.17, 15) is 9.59 Å². The van der Waals surface area contributed by atoms with Gasteiger partial charge >= 0.3 is 0 Å². The number of aromatic nitrogens is 1. The SMILES string of the molecule is COCCN(C(=O)CN1CSCC1=O)c1nc2ccccc2s1. The Hall–Kier alpha value is -1.64. The molecule has 1 aromatic heterocycles. The van der Waals surface area contributed by atoms with Gasteiger partial charge in [-0.3, -0.25) is 14.5 Å². The zero-order valence-corrected chi connectivity index (χ0v) is 14.4. The highest BCUT2D eigenvalue weighted by atomic mass is 32.2.